The number of ether oxygens (including phenoxy) is 1. The van der Waals surface area contributed by atoms with Gasteiger partial charge in [0.05, 0.1) is 12.1 Å². The standard InChI is InChI=1S/C13H24N2O3/c1-3-14-10(2)13(17)15-12(9-16)11-5-4-7-18-8-6-11/h9-12,14H,3-8H2,1-2H3,(H,15,17)/t10-,11?,12?/m0/s1. The predicted octanol–water partition coefficient (Wildman–Crippen LogP) is 0.485. The van der Waals surface area contributed by atoms with Crippen LogP contribution in [0.15, 0.2) is 0 Å². The highest BCUT2D eigenvalue weighted by Crippen LogP contribution is 2.18. The lowest BCUT2D eigenvalue weighted by atomic mass is 9.93. The van der Waals surface area contributed by atoms with Gasteiger partial charge in [-0.15, -0.1) is 0 Å². The molecule has 5 heteroatoms. The molecular formula is C13H24N2O3. The van der Waals surface area contributed by atoms with Crippen LogP contribution in [-0.4, -0.2) is 44.0 Å². The van der Waals surface area contributed by atoms with E-state index in [0.717, 1.165) is 38.7 Å². The second-order valence-electron chi connectivity index (χ2n) is 4.75. The Kier molecular flexibility index (Phi) is 6.90. The first-order valence-electron chi connectivity index (χ1n) is 6.75. The van der Waals surface area contributed by atoms with Crippen molar-refractivity contribution in [2.24, 2.45) is 5.92 Å². The van der Waals surface area contributed by atoms with Crippen molar-refractivity contribution in [3.05, 3.63) is 0 Å². The topological polar surface area (TPSA) is 67.4 Å². The molecule has 1 fully saturated rings. The molecule has 1 aliphatic heterocycles. The summed E-state index contributed by atoms with van der Waals surface area (Å²) in [5, 5.41) is 5.86. The van der Waals surface area contributed by atoms with Gasteiger partial charge in [0, 0.05) is 13.2 Å². The highest BCUT2D eigenvalue weighted by atomic mass is 16.5. The van der Waals surface area contributed by atoms with Gasteiger partial charge in [0.1, 0.15) is 6.29 Å². The minimum Gasteiger partial charge on any atom is -0.381 e. The predicted molar refractivity (Wildman–Crippen MR) is 69.3 cm³/mol. The number of aldehydes is 1. The number of hydrogen-bond donors (Lipinski definition) is 2. The van der Waals surface area contributed by atoms with E-state index < -0.39 is 0 Å². The summed E-state index contributed by atoms with van der Waals surface area (Å²) in [6.45, 7) is 5.91. The number of nitrogens with one attached hydrogen (secondary N) is 2. The van der Waals surface area contributed by atoms with Gasteiger partial charge in [-0.25, -0.2) is 0 Å². The van der Waals surface area contributed by atoms with Crippen molar-refractivity contribution in [2.45, 2.75) is 45.2 Å². The fourth-order valence-electron chi connectivity index (χ4n) is 2.24. The fourth-order valence-corrected chi connectivity index (χ4v) is 2.24. The monoisotopic (exact) mass is 256 g/mol. The van der Waals surface area contributed by atoms with Crippen LogP contribution in [0.25, 0.3) is 0 Å². The summed E-state index contributed by atoms with van der Waals surface area (Å²) >= 11 is 0. The maximum absolute atomic E-state index is 11.9. The second-order valence-corrected chi connectivity index (χ2v) is 4.75. The van der Waals surface area contributed by atoms with Crippen molar-refractivity contribution >= 4 is 12.2 Å². The summed E-state index contributed by atoms with van der Waals surface area (Å²) in [6, 6.07) is -0.653. The number of carbonyl (C=O) groups excluding carboxylic acids is 2. The molecule has 1 rings (SSSR count). The van der Waals surface area contributed by atoms with Crippen LogP contribution in [0.4, 0.5) is 0 Å². The van der Waals surface area contributed by atoms with Crippen molar-refractivity contribution in [3.63, 3.8) is 0 Å². The van der Waals surface area contributed by atoms with E-state index >= 15 is 0 Å². The average molecular weight is 256 g/mol. The van der Waals surface area contributed by atoms with E-state index in [-0.39, 0.29) is 23.9 Å². The third-order valence-electron chi connectivity index (χ3n) is 3.36. The molecule has 2 unspecified atom stereocenters. The summed E-state index contributed by atoms with van der Waals surface area (Å²) in [5.41, 5.74) is 0. The van der Waals surface area contributed by atoms with Gasteiger partial charge in [0.25, 0.3) is 0 Å². The van der Waals surface area contributed by atoms with Gasteiger partial charge < -0.3 is 20.2 Å². The Morgan fingerprint density at radius 3 is 2.89 bits per heavy atom. The van der Waals surface area contributed by atoms with Crippen LogP contribution in [0.1, 0.15) is 33.1 Å². The summed E-state index contributed by atoms with van der Waals surface area (Å²) in [6.07, 6.45) is 3.57. The molecule has 0 aromatic rings. The first kappa shape index (κ1) is 15.1. The average Bonchev–Trinajstić information content (AvgIpc) is 2.64. The van der Waals surface area contributed by atoms with E-state index in [1.165, 1.54) is 0 Å². The van der Waals surface area contributed by atoms with Crippen molar-refractivity contribution < 1.29 is 14.3 Å². The van der Waals surface area contributed by atoms with Crippen LogP contribution in [0.2, 0.25) is 0 Å². The molecule has 0 aromatic carbocycles. The molecule has 0 aromatic heterocycles. The first-order chi connectivity index (χ1) is 8.69. The number of carbonyl (C=O) groups is 2. The Morgan fingerprint density at radius 2 is 2.22 bits per heavy atom. The Morgan fingerprint density at radius 1 is 1.44 bits per heavy atom. The van der Waals surface area contributed by atoms with Gasteiger partial charge >= 0.3 is 0 Å². The zero-order chi connectivity index (χ0) is 13.4. The lowest BCUT2D eigenvalue weighted by Gasteiger charge is -2.23. The highest BCUT2D eigenvalue weighted by molar-refractivity contribution is 5.84. The van der Waals surface area contributed by atoms with Crippen LogP contribution in [-0.2, 0) is 14.3 Å². The van der Waals surface area contributed by atoms with Crippen LogP contribution in [0, 0.1) is 5.92 Å². The normalized spacial score (nSPS) is 23.8. The zero-order valence-electron chi connectivity index (χ0n) is 11.3. The Bertz CT molecular complexity index is 263. The smallest absolute Gasteiger partial charge is 0.237 e. The van der Waals surface area contributed by atoms with Crippen molar-refractivity contribution in [1.29, 1.82) is 0 Å². The number of rotatable bonds is 6. The summed E-state index contributed by atoms with van der Waals surface area (Å²) in [7, 11) is 0. The second kappa shape index (κ2) is 8.21. The van der Waals surface area contributed by atoms with Crippen LogP contribution < -0.4 is 10.6 Å². The van der Waals surface area contributed by atoms with Crippen molar-refractivity contribution in [3.8, 4) is 0 Å². The lowest BCUT2D eigenvalue weighted by molar-refractivity contribution is -0.126. The SMILES string of the molecule is CCN[C@@H](C)C(=O)NC(C=O)C1CCCOCC1. The molecule has 18 heavy (non-hydrogen) atoms. The molecule has 3 atom stereocenters. The van der Waals surface area contributed by atoms with E-state index in [1.807, 2.05) is 6.92 Å². The van der Waals surface area contributed by atoms with Crippen LogP contribution >= 0.6 is 0 Å². The van der Waals surface area contributed by atoms with E-state index in [2.05, 4.69) is 10.6 Å². The molecule has 1 saturated heterocycles. The zero-order valence-corrected chi connectivity index (χ0v) is 11.3. The van der Waals surface area contributed by atoms with Gasteiger partial charge in [-0.1, -0.05) is 6.92 Å². The Balaban J connectivity index is 2.49. The van der Waals surface area contributed by atoms with Gasteiger partial charge in [-0.2, -0.15) is 0 Å². The van der Waals surface area contributed by atoms with E-state index in [9.17, 15) is 9.59 Å². The maximum atomic E-state index is 11.9. The molecular weight excluding hydrogens is 232 g/mol. The summed E-state index contributed by atoms with van der Waals surface area (Å²) in [5.74, 6) is 0.0851. The molecule has 1 heterocycles. The van der Waals surface area contributed by atoms with Gasteiger partial charge in [-0.05, 0) is 38.6 Å². The quantitative estimate of drug-likeness (QED) is 0.679. The molecule has 2 N–H and O–H groups in total. The summed E-state index contributed by atoms with van der Waals surface area (Å²) in [4.78, 5) is 23.0. The number of hydrogen-bond acceptors (Lipinski definition) is 4. The van der Waals surface area contributed by atoms with Crippen LogP contribution in [0.5, 0.6) is 0 Å². The molecule has 0 radical (unpaired) electrons. The molecule has 0 aliphatic carbocycles. The maximum Gasteiger partial charge on any atom is 0.237 e. The van der Waals surface area contributed by atoms with Gasteiger partial charge in [0.2, 0.25) is 5.91 Å². The molecule has 0 spiro atoms. The molecule has 1 amide bonds. The largest absolute Gasteiger partial charge is 0.381 e. The van der Waals surface area contributed by atoms with Gasteiger partial charge in [-0.3, -0.25) is 4.79 Å². The Hall–Kier alpha value is -0.940. The minimum absolute atomic E-state index is 0.112. The van der Waals surface area contributed by atoms with E-state index in [0.29, 0.717) is 6.61 Å². The minimum atomic E-state index is -0.389. The third kappa shape index (κ3) is 4.74. The Labute approximate surface area is 109 Å². The third-order valence-corrected chi connectivity index (χ3v) is 3.36. The molecule has 104 valence electrons. The lowest BCUT2D eigenvalue weighted by Crippen LogP contribution is -2.49. The summed E-state index contributed by atoms with van der Waals surface area (Å²) < 4.78 is 5.37. The van der Waals surface area contributed by atoms with Crippen molar-refractivity contribution in [1.82, 2.24) is 10.6 Å². The molecule has 0 bridgehead atoms. The molecule has 0 saturated carbocycles. The molecule has 5 nitrogen and oxygen atoms in total. The highest BCUT2D eigenvalue weighted by Gasteiger charge is 2.25. The number of amides is 1. The van der Waals surface area contributed by atoms with E-state index in [4.69, 9.17) is 4.74 Å². The van der Waals surface area contributed by atoms with Crippen LogP contribution in [0.3, 0.4) is 0 Å². The molecule has 1 aliphatic rings. The van der Waals surface area contributed by atoms with E-state index in [1.54, 1.807) is 6.92 Å². The first-order valence-corrected chi connectivity index (χ1v) is 6.75. The fraction of sp³-hybridized carbons (Fsp3) is 0.846. The number of likely N-dealkylation sites (N-methyl/N-ethyl adjacent to an activating group) is 1. The van der Waals surface area contributed by atoms with Crippen molar-refractivity contribution in [2.75, 3.05) is 19.8 Å². The van der Waals surface area contributed by atoms with Gasteiger partial charge in [0.15, 0.2) is 0 Å².